The summed E-state index contributed by atoms with van der Waals surface area (Å²) in [6.45, 7) is 0. The molecular formula is C39H38N10O27S7. The third-order valence-corrected chi connectivity index (χ3v) is 16.5. The molecule has 0 bridgehead atoms. The first kappa shape index (κ1) is 66.6. The van der Waals surface area contributed by atoms with E-state index in [0.717, 1.165) is 60.7 Å². The average molecular weight is 1300 g/mol. The lowest BCUT2D eigenvalue weighted by Crippen LogP contribution is -2.08. The van der Waals surface area contributed by atoms with Gasteiger partial charge in [0.05, 0.1) is 43.5 Å². The van der Waals surface area contributed by atoms with Crippen molar-refractivity contribution in [3.8, 4) is 11.5 Å². The number of hydrogen-bond acceptors (Lipinski definition) is 28. The first-order chi connectivity index (χ1) is 37.5. The molecule has 0 aromatic heterocycles. The summed E-state index contributed by atoms with van der Waals surface area (Å²) in [5, 5.41) is 44.8. The molecule has 0 amide bonds. The summed E-state index contributed by atoms with van der Waals surface area (Å²) in [4.78, 5) is 14.4. The fourth-order valence-electron chi connectivity index (χ4n) is 6.65. The first-order valence-corrected chi connectivity index (χ1v) is 30.6. The topological polar surface area (TPSA) is 708 Å². The molecule has 0 atom stereocenters. The number of nitrogens with two attached hydrogens (primary N) is 7. The van der Waals surface area contributed by atoms with Gasteiger partial charge in [0, 0.05) is 33.6 Å². The molecule has 7 rings (SSSR count). The van der Waals surface area contributed by atoms with Crippen LogP contribution in [0.4, 0.5) is 56.9 Å². The number of nitrogens with zero attached hydrogens (tertiary/aromatic N) is 3. The Labute approximate surface area is 465 Å². The molecule has 7 aromatic rings. The minimum Gasteiger partial charge on any atom is -0.505 e. The highest BCUT2D eigenvalue weighted by Gasteiger charge is 2.29. The van der Waals surface area contributed by atoms with E-state index >= 15 is 0 Å². The number of phenolic OH excluding ortho intramolecular Hbond substituents is 2. The lowest BCUT2D eigenvalue weighted by Gasteiger charge is -2.14. The predicted molar refractivity (Wildman–Crippen MR) is 288 cm³/mol. The second-order valence-corrected chi connectivity index (χ2v) is 25.6. The van der Waals surface area contributed by atoms with Gasteiger partial charge in [-0.1, -0.05) is 0 Å². The number of carboxylic acid groups (broad SMARTS) is 1. The van der Waals surface area contributed by atoms with E-state index in [2.05, 4.69) is 10.2 Å². The van der Waals surface area contributed by atoms with Crippen LogP contribution in [0, 0.1) is 10.1 Å². The largest absolute Gasteiger partial charge is 0.505 e. The molecule has 0 aliphatic carbocycles. The minimum absolute atomic E-state index is 0.0657. The SMILES string of the molecule is Nc1cc(S(=O)(=O)O)c2cc(S(=O)(=O)O)c(N)c(O)c2c1N.Nc1cc(S(=O)(=O)O)ccc1C(=O)O.Nc1ccc(N=Nc2c(S(=O)(=O)O)cc3c(S(=O)(=O)O)c(N)ccc3c2O)c(S(=O)(=O)O)c1.Nc1ccc(S(=O)(=O)O)cc1[N+](=O)[O-]. The van der Waals surface area contributed by atoms with Crippen molar-refractivity contribution in [1.29, 1.82) is 0 Å². The van der Waals surface area contributed by atoms with Crippen LogP contribution >= 0.6 is 0 Å². The third kappa shape index (κ3) is 15.6. The number of azo groups is 1. The zero-order valence-electron chi connectivity index (χ0n) is 40.2. The van der Waals surface area contributed by atoms with Gasteiger partial charge in [-0.15, -0.1) is 10.2 Å². The quantitative estimate of drug-likeness (QED) is 0.0221. The van der Waals surface area contributed by atoms with Gasteiger partial charge >= 0.3 is 5.97 Å². The summed E-state index contributed by atoms with van der Waals surface area (Å²) in [5.74, 6) is -3.15. The lowest BCUT2D eigenvalue weighted by atomic mass is 10.1. The summed E-state index contributed by atoms with van der Waals surface area (Å²) in [6.07, 6.45) is 0. The molecule has 0 saturated carbocycles. The standard InChI is InChI=1S/C16H14N4O10S3.C10H11N3O7S2.C7H7NO5S.C6H6N2O5S/c17-7-1-4-11(12(5-7)31(22,23)24)19-20-14-13(32(25,26)27)6-9-8(15(14)21)2-3-10(18)16(9)33(28,29)30;11-4-2-5(21(15,16)17)3-1-6(22(18,19)20)9(13)10(14)7(3)8(4)12;8-6-3-4(14(11,12)13)1-2-5(6)7(9)10;7-5-2-1-4(14(11,12)13)3-6(5)8(9)10/h1-6,21H,17-18H2,(H,22,23,24)(H,25,26,27)(H,28,29,30);1-2,14H,11-13H2,(H,15,16,17)(H,18,19,20);1-3H,8H2,(H,9,10)(H,11,12,13);1-3H,7H2,(H,11,12,13). The Morgan fingerprint density at radius 3 is 1.41 bits per heavy atom. The molecule has 44 heteroatoms. The first-order valence-electron chi connectivity index (χ1n) is 20.5. The van der Waals surface area contributed by atoms with E-state index in [0.29, 0.717) is 18.2 Å². The molecular weight excluding hydrogens is 1260 g/mol. The highest BCUT2D eigenvalue weighted by atomic mass is 32.2. The van der Waals surface area contributed by atoms with Gasteiger partial charge in [0.2, 0.25) is 0 Å². The van der Waals surface area contributed by atoms with Gasteiger partial charge in [-0.3, -0.25) is 42.0 Å². The molecule has 448 valence electrons. The Kier molecular flexibility index (Phi) is 18.9. The number of rotatable bonds is 11. The van der Waals surface area contributed by atoms with Crippen molar-refractivity contribution in [1.82, 2.24) is 0 Å². The second kappa shape index (κ2) is 23.5. The lowest BCUT2D eigenvalue weighted by molar-refractivity contribution is -0.384. The van der Waals surface area contributed by atoms with E-state index in [9.17, 15) is 102 Å². The highest BCUT2D eigenvalue weighted by Crippen LogP contribution is 2.46. The Morgan fingerprint density at radius 1 is 0.446 bits per heavy atom. The second-order valence-electron chi connectivity index (χ2n) is 15.9. The number of anilines is 7. The maximum atomic E-state index is 11.9. The van der Waals surface area contributed by atoms with Gasteiger partial charge < -0.3 is 55.5 Å². The van der Waals surface area contributed by atoms with Crippen molar-refractivity contribution in [3.05, 3.63) is 101 Å². The number of aromatic hydroxyl groups is 2. The molecule has 0 saturated heterocycles. The van der Waals surface area contributed by atoms with Crippen LogP contribution in [-0.4, -0.2) is 117 Å². The molecule has 0 fully saturated rings. The number of phenols is 2. The van der Waals surface area contributed by atoms with Crippen molar-refractivity contribution in [2.75, 3.05) is 40.1 Å². The van der Waals surface area contributed by atoms with Gasteiger partial charge in [-0.2, -0.15) is 58.9 Å². The number of benzene rings is 7. The van der Waals surface area contributed by atoms with Crippen LogP contribution in [0.3, 0.4) is 0 Å². The van der Waals surface area contributed by atoms with Crippen LogP contribution in [0.1, 0.15) is 10.4 Å². The van der Waals surface area contributed by atoms with Crippen molar-refractivity contribution >= 4 is 155 Å². The van der Waals surface area contributed by atoms with Gasteiger partial charge in [0.25, 0.3) is 76.5 Å². The molecule has 0 spiro atoms. The van der Waals surface area contributed by atoms with Crippen LogP contribution in [0.2, 0.25) is 0 Å². The Morgan fingerprint density at radius 2 is 0.940 bits per heavy atom. The molecule has 7 aromatic carbocycles. The van der Waals surface area contributed by atoms with Crippen LogP contribution in [-0.2, 0) is 70.8 Å². The zero-order valence-corrected chi connectivity index (χ0v) is 46.0. The average Bonchev–Trinajstić information content (AvgIpc) is 3.33. The fraction of sp³-hybridized carbons (Fsp3) is 0. The van der Waals surface area contributed by atoms with Crippen molar-refractivity contribution in [2.45, 2.75) is 34.3 Å². The monoisotopic (exact) mass is 1300 g/mol. The van der Waals surface area contributed by atoms with E-state index in [-0.39, 0.29) is 44.8 Å². The molecule has 0 radical (unpaired) electrons. The summed E-state index contributed by atoms with van der Waals surface area (Å²) < 4.78 is 222. The smallest absolute Gasteiger partial charge is 0.337 e. The number of nitro benzene ring substituents is 1. The minimum atomic E-state index is -5.19. The van der Waals surface area contributed by atoms with Crippen LogP contribution in [0.25, 0.3) is 21.5 Å². The normalized spacial score (nSPS) is 12.3. The van der Waals surface area contributed by atoms with Gasteiger partial charge in [0.15, 0.2) is 5.75 Å². The summed E-state index contributed by atoms with van der Waals surface area (Å²) in [6, 6.07) is 12.7. The Balaban J connectivity index is 0.000000255. The molecule has 24 N–H and O–H groups in total. The zero-order chi connectivity index (χ0) is 63.8. The Bertz CT molecular complexity index is 4760. The van der Waals surface area contributed by atoms with Crippen LogP contribution < -0.4 is 40.1 Å². The molecule has 0 unspecified atom stereocenters. The number of hydrogen-bond donors (Lipinski definition) is 17. The number of carboxylic acids is 1. The van der Waals surface area contributed by atoms with E-state index in [1.54, 1.807) is 0 Å². The van der Waals surface area contributed by atoms with Crippen LogP contribution in [0.15, 0.2) is 129 Å². The van der Waals surface area contributed by atoms with E-state index < -0.39 is 167 Å². The van der Waals surface area contributed by atoms with Crippen molar-refractivity contribution in [3.63, 3.8) is 0 Å². The molecule has 0 aliphatic heterocycles. The maximum Gasteiger partial charge on any atom is 0.337 e. The van der Waals surface area contributed by atoms with E-state index in [1.807, 2.05) is 0 Å². The summed E-state index contributed by atoms with van der Waals surface area (Å²) >= 11 is 0. The molecule has 0 heterocycles. The number of nitro groups is 1. The summed E-state index contributed by atoms with van der Waals surface area (Å²) in [7, 11) is -33.5. The van der Waals surface area contributed by atoms with Gasteiger partial charge in [-0.25, -0.2) is 4.79 Å². The maximum absolute atomic E-state index is 11.9. The summed E-state index contributed by atoms with van der Waals surface area (Å²) in [5.41, 5.74) is 33.7. The van der Waals surface area contributed by atoms with Crippen molar-refractivity contribution < 1.29 is 116 Å². The molecule has 83 heavy (non-hydrogen) atoms. The van der Waals surface area contributed by atoms with Crippen molar-refractivity contribution in [2.24, 2.45) is 10.2 Å². The fourth-order valence-corrected chi connectivity index (χ4v) is 11.1. The molecule has 0 aliphatic rings. The van der Waals surface area contributed by atoms with E-state index in [1.165, 1.54) is 6.07 Å². The van der Waals surface area contributed by atoms with Gasteiger partial charge in [-0.05, 0) is 78.9 Å². The van der Waals surface area contributed by atoms with Crippen LogP contribution in [0.5, 0.6) is 11.5 Å². The number of nitrogen functional groups attached to an aromatic ring is 7. The predicted octanol–water partition coefficient (Wildman–Crippen LogP) is 2.29. The Hall–Kier alpha value is -8.90. The van der Waals surface area contributed by atoms with E-state index in [4.69, 9.17) is 58.9 Å². The number of carbonyl (C=O) groups is 1. The number of fused-ring (bicyclic) bond motifs is 2. The highest BCUT2D eigenvalue weighted by molar-refractivity contribution is 7.87. The van der Waals surface area contributed by atoms with Gasteiger partial charge in [0.1, 0.15) is 52.2 Å². The third-order valence-electron chi connectivity index (χ3n) is 10.3. The molecule has 37 nitrogen and oxygen atoms in total. The number of aromatic carboxylic acids is 1.